The number of unbranched alkanes of at least 4 members (excludes halogenated alkanes) is 3. The quantitative estimate of drug-likeness (QED) is 0.173. The van der Waals surface area contributed by atoms with E-state index in [1.54, 1.807) is 18.5 Å². The molecule has 0 saturated carbocycles. The summed E-state index contributed by atoms with van der Waals surface area (Å²) in [5.74, 6) is 0.108. The second-order valence-corrected chi connectivity index (χ2v) is 8.78. The molecule has 3 aromatic rings. The number of H-pyrrole nitrogens is 1. The zero-order chi connectivity index (χ0) is 26.2. The molecule has 0 aromatic carbocycles. The Labute approximate surface area is 215 Å². The van der Waals surface area contributed by atoms with Crippen LogP contribution < -0.4 is 5.32 Å². The molecule has 0 bridgehead atoms. The largest absolute Gasteiger partial charge is 0.358 e. The number of allylic oxidation sites excluding steroid dienone is 1. The number of anilines is 1. The number of halogens is 1. The first-order valence-electron chi connectivity index (χ1n) is 12.9. The normalized spacial score (nSPS) is 11.9. The highest BCUT2D eigenvalue weighted by Gasteiger charge is 2.14. The van der Waals surface area contributed by atoms with Crippen molar-refractivity contribution in [2.45, 2.75) is 59.3 Å². The molecule has 0 amide bonds. The number of hydrogen-bond acceptors (Lipinski definition) is 4. The van der Waals surface area contributed by atoms with Gasteiger partial charge in [-0.05, 0) is 69.7 Å². The van der Waals surface area contributed by atoms with Crippen molar-refractivity contribution in [2.24, 2.45) is 4.99 Å². The number of hydrogen-bond donors (Lipinski definition) is 2. The molecular formula is C29H41FN6. The van der Waals surface area contributed by atoms with Gasteiger partial charge < -0.3 is 15.2 Å². The predicted molar refractivity (Wildman–Crippen MR) is 150 cm³/mol. The topological polar surface area (TPSA) is 69.2 Å². The third-order valence-electron chi connectivity index (χ3n) is 5.47. The van der Waals surface area contributed by atoms with Gasteiger partial charge in [-0.1, -0.05) is 52.2 Å². The van der Waals surface area contributed by atoms with Crippen LogP contribution in [0.5, 0.6) is 0 Å². The van der Waals surface area contributed by atoms with Crippen LogP contribution in [0.25, 0.3) is 5.70 Å². The molecule has 0 aliphatic carbocycles. The average molecular weight is 493 g/mol. The Morgan fingerprint density at radius 1 is 1.08 bits per heavy atom. The number of pyridine rings is 2. The fourth-order valence-corrected chi connectivity index (χ4v) is 3.47. The second-order valence-electron chi connectivity index (χ2n) is 8.78. The van der Waals surface area contributed by atoms with Crippen molar-refractivity contribution >= 4 is 17.2 Å². The van der Waals surface area contributed by atoms with E-state index in [0.717, 1.165) is 41.9 Å². The SMILES string of the molecule is CCC/C=C(/N=C(Nc1ccncc1F)c1[nH]ccc1CC)c1ccccn1.CCCCCN(C)C. The first-order chi connectivity index (χ1) is 17.5. The molecule has 0 aliphatic rings. The molecule has 3 aromatic heterocycles. The Bertz CT molecular complexity index is 1070. The molecule has 7 heteroatoms. The number of rotatable bonds is 11. The summed E-state index contributed by atoms with van der Waals surface area (Å²) in [6.07, 6.45) is 15.1. The van der Waals surface area contributed by atoms with Crippen LogP contribution in [0.15, 0.2) is 66.2 Å². The molecule has 0 atom stereocenters. The predicted octanol–water partition coefficient (Wildman–Crippen LogP) is 6.94. The van der Waals surface area contributed by atoms with E-state index in [2.05, 4.69) is 66.1 Å². The van der Waals surface area contributed by atoms with Gasteiger partial charge in [0.05, 0.1) is 29.0 Å². The van der Waals surface area contributed by atoms with E-state index in [1.165, 1.54) is 32.0 Å². The van der Waals surface area contributed by atoms with Crippen molar-refractivity contribution in [3.05, 3.63) is 84.0 Å². The van der Waals surface area contributed by atoms with Crippen molar-refractivity contribution in [1.82, 2.24) is 19.9 Å². The minimum Gasteiger partial charge on any atom is -0.358 e. The molecular weight excluding hydrogens is 451 g/mol. The molecule has 0 radical (unpaired) electrons. The maximum atomic E-state index is 14.2. The fourth-order valence-electron chi connectivity index (χ4n) is 3.47. The van der Waals surface area contributed by atoms with E-state index in [1.807, 2.05) is 30.5 Å². The minimum atomic E-state index is -0.434. The third-order valence-corrected chi connectivity index (χ3v) is 5.47. The molecule has 3 heterocycles. The highest BCUT2D eigenvalue weighted by Crippen LogP contribution is 2.20. The monoisotopic (exact) mass is 492 g/mol. The minimum absolute atomic E-state index is 0.321. The number of amidine groups is 1. The van der Waals surface area contributed by atoms with Gasteiger partial charge in [-0.25, -0.2) is 9.38 Å². The molecule has 0 fully saturated rings. The molecule has 0 saturated heterocycles. The van der Waals surface area contributed by atoms with Crippen LogP contribution >= 0.6 is 0 Å². The van der Waals surface area contributed by atoms with E-state index in [9.17, 15) is 4.39 Å². The van der Waals surface area contributed by atoms with Crippen LogP contribution in [0.4, 0.5) is 10.1 Å². The number of aryl methyl sites for hydroxylation is 1. The van der Waals surface area contributed by atoms with Gasteiger partial charge in [0, 0.05) is 18.6 Å². The Morgan fingerprint density at radius 3 is 2.56 bits per heavy atom. The maximum absolute atomic E-state index is 14.2. The van der Waals surface area contributed by atoms with Crippen molar-refractivity contribution in [3.8, 4) is 0 Å². The van der Waals surface area contributed by atoms with Gasteiger partial charge in [0.15, 0.2) is 11.7 Å². The van der Waals surface area contributed by atoms with Gasteiger partial charge in [-0.2, -0.15) is 0 Å². The lowest BCUT2D eigenvalue weighted by atomic mass is 10.1. The third kappa shape index (κ3) is 9.74. The summed E-state index contributed by atoms with van der Waals surface area (Å²) in [5, 5.41) is 3.14. The van der Waals surface area contributed by atoms with E-state index in [0.29, 0.717) is 11.5 Å². The fraction of sp³-hybridized carbons (Fsp3) is 0.414. The first-order valence-corrected chi connectivity index (χ1v) is 12.9. The molecule has 0 aliphatic heterocycles. The summed E-state index contributed by atoms with van der Waals surface area (Å²) in [7, 11) is 4.24. The number of aliphatic imine (C=N–C) groups is 1. The molecule has 0 unspecified atom stereocenters. The Kier molecular flexibility index (Phi) is 13.1. The highest BCUT2D eigenvalue weighted by atomic mass is 19.1. The number of aromatic amines is 1. The summed E-state index contributed by atoms with van der Waals surface area (Å²) in [6, 6.07) is 9.32. The van der Waals surface area contributed by atoms with Gasteiger partial charge >= 0.3 is 0 Å². The average Bonchev–Trinajstić information content (AvgIpc) is 3.37. The molecule has 36 heavy (non-hydrogen) atoms. The van der Waals surface area contributed by atoms with Crippen LogP contribution in [-0.4, -0.2) is 46.3 Å². The van der Waals surface area contributed by atoms with Crippen LogP contribution in [-0.2, 0) is 6.42 Å². The molecule has 0 spiro atoms. The van der Waals surface area contributed by atoms with Gasteiger partial charge in [-0.15, -0.1) is 0 Å². The number of nitrogens with one attached hydrogen (secondary N) is 2. The Morgan fingerprint density at radius 2 is 1.92 bits per heavy atom. The van der Waals surface area contributed by atoms with Crippen molar-refractivity contribution in [3.63, 3.8) is 0 Å². The van der Waals surface area contributed by atoms with E-state index in [-0.39, 0.29) is 0 Å². The Hall–Kier alpha value is -3.32. The smallest absolute Gasteiger partial charge is 0.164 e. The summed E-state index contributed by atoms with van der Waals surface area (Å²) in [4.78, 5) is 18.6. The molecule has 6 nitrogen and oxygen atoms in total. The van der Waals surface area contributed by atoms with Crippen molar-refractivity contribution < 1.29 is 4.39 Å². The van der Waals surface area contributed by atoms with Gasteiger partial charge in [-0.3, -0.25) is 9.97 Å². The molecule has 3 rings (SSSR count). The van der Waals surface area contributed by atoms with Gasteiger partial charge in [0.25, 0.3) is 0 Å². The van der Waals surface area contributed by atoms with E-state index >= 15 is 0 Å². The Balaban J connectivity index is 0.000000493. The van der Waals surface area contributed by atoms with Gasteiger partial charge in [0.2, 0.25) is 0 Å². The molecule has 2 N–H and O–H groups in total. The van der Waals surface area contributed by atoms with E-state index in [4.69, 9.17) is 4.99 Å². The maximum Gasteiger partial charge on any atom is 0.164 e. The summed E-state index contributed by atoms with van der Waals surface area (Å²) < 4.78 is 14.2. The standard InChI is InChI=1S/C22H24FN5.C7H17N/c1-3-5-8-20(19-9-6-7-12-25-19)28-22(21-16(4-2)10-14-26-21)27-18-11-13-24-15-17(18)23;1-4-5-6-7-8(2)3/h6-15,26H,3-5H2,1-2H3,(H,24,27,28);4-7H2,1-3H3/b20-8+;. The van der Waals surface area contributed by atoms with Crippen LogP contribution in [0.2, 0.25) is 0 Å². The van der Waals surface area contributed by atoms with Crippen LogP contribution in [0.1, 0.15) is 69.8 Å². The summed E-state index contributed by atoms with van der Waals surface area (Å²) in [6.45, 7) is 7.66. The highest BCUT2D eigenvalue weighted by molar-refractivity contribution is 6.10. The second kappa shape index (κ2) is 16.4. The van der Waals surface area contributed by atoms with Crippen LogP contribution in [0.3, 0.4) is 0 Å². The first kappa shape index (κ1) is 28.9. The lowest BCUT2D eigenvalue weighted by Gasteiger charge is -2.13. The van der Waals surface area contributed by atoms with Gasteiger partial charge in [0.1, 0.15) is 0 Å². The van der Waals surface area contributed by atoms with Crippen molar-refractivity contribution in [2.75, 3.05) is 26.0 Å². The molecule has 194 valence electrons. The zero-order valence-electron chi connectivity index (χ0n) is 22.4. The zero-order valence-corrected chi connectivity index (χ0v) is 22.4. The summed E-state index contributed by atoms with van der Waals surface area (Å²) in [5.41, 5.74) is 3.76. The number of aromatic nitrogens is 3. The van der Waals surface area contributed by atoms with Crippen molar-refractivity contribution in [1.29, 1.82) is 0 Å². The lowest BCUT2D eigenvalue weighted by molar-refractivity contribution is 0.393. The van der Waals surface area contributed by atoms with Crippen LogP contribution in [0, 0.1) is 5.82 Å². The summed E-state index contributed by atoms with van der Waals surface area (Å²) >= 11 is 0. The lowest BCUT2D eigenvalue weighted by Crippen LogP contribution is -2.17. The number of nitrogens with zero attached hydrogens (tertiary/aromatic N) is 4. The van der Waals surface area contributed by atoms with E-state index < -0.39 is 5.82 Å².